The van der Waals surface area contributed by atoms with Gasteiger partial charge in [-0.05, 0) is 37.8 Å². The van der Waals surface area contributed by atoms with Crippen LogP contribution in [0, 0.1) is 0 Å². The first-order valence-corrected chi connectivity index (χ1v) is 8.13. The molecule has 23 heavy (non-hydrogen) atoms. The smallest absolute Gasteiger partial charge is 0.319 e. The number of aliphatic hydroxyl groups is 1. The number of para-hydroxylation sites is 1. The van der Waals surface area contributed by atoms with Gasteiger partial charge in [0.15, 0.2) is 5.75 Å². The van der Waals surface area contributed by atoms with Crippen molar-refractivity contribution in [3.05, 3.63) is 23.2 Å². The zero-order valence-corrected chi connectivity index (χ0v) is 13.9. The van der Waals surface area contributed by atoms with Crippen molar-refractivity contribution < 1.29 is 19.4 Å². The molecule has 0 unspecified atom stereocenters. The highest BCUT2D eigenvalue weighted by atomic mass is 35.5. The Kier molecular flexibility index (Phi) is 6.95. The molecule has 1 aromatic rings. The Balaban J connectivity index is 1.93. The average molecular weight is 343 g/mol. The van der Waals surface area contributed by atoms with Gasteiger partial charge < -0.3 is 25.2 Å². The van der Waals surface area contributed by atoms with Crippen LogP contribution in [0.2, 0.25) is 5.02 Å². The van der Waals surface area contributed by atoms with Crippen LogP contribution in [0.3, 0.4) is 0 Å². The van der Waals surface area contributed by atoms with Gasteiger partial charge in [-0.3, -0.25) is 0 Å². The second kappa shape index (κ2) is 8.96. The maximum Gasteiger partial charge on any atom is 0.319 e. The highest BCUT2D eigenvalue weighted by molar-refractivity contribution is 6.32. The third-order valence-electron chi connectivity index (χ3n) is 3.78. The van der Waals surface area contributed by atoms with E-state index in [-0.39, 0.29) is 18.2 Å². The molecule has 0 aromatic heterocycles. The molecular weight excluding hydrogens is 320 g/mol. The standard InChI is InChI=1S/C16H23ClN2O4/c1-22-9-10-23-15-13(17)3-2-4-14(15)19-16(21)18-11-5-7-12(20)8-6-11/h2-4,11-12,20H,5-10H2,1H3,(H2,18,19,21). The topological polar surface area (TPSA) is 79.8 Å². The van der Waals surface area contributed by atoms with Gasteiger partial charge in [-0.1, -0.05) is 17.7 Å². The minimum atomic E-state index is -0.301. The predicted molar refractivity (Wildman–Crippen MR) is 89.2 cm³/mol. The number of methoxy groups -OCH3 is 1. The number of urea groups is 1. The van der Waals surface area contributed by atoms with Crippen molar-refractivity contribution in [2.45, 2.75) is 37.8 Å². The van der Waals surface area contributed by atoms with E-state index in [1.54, 1.807) is 25.3 Å². The van der Waals surface area contributed by atoms with Gasteiger partial charge >= 0.3 is 6.03 Å². The largest absolute Gasteiger partial charge is 0.487 e. The molecule has 0 bridgehead atoms. The molecule has 1 aliphatic rings. The van der Waals surface area contributed by atoms with E-state index in [2.05, 4.69) is 10.6 Å². The van der Waals surface area contributed by atoms with Gasteiger partial charge in [-0.25, -0.2) is 4.79 Å². The first kappa shape index (κ1) is 17.8. The minimum absolute atomic E-state index is 0.0791. The zero-order chi connectivity index (χ0) is 16.7. The number of carbonyl (C=O) groups excluding carboxylic acids is 1. The van der Waals surface area contributed by atoms with Crippen molar-refractivity contribution in [2.24, 2.45) is 0 Å². The van der Waals surface area contributed by atoms with Crippen LogP contribution in [0.4, 0.5) is 10.5 Å². The SMILES string of the molecule is COCCOc1c(Cl)cccc1NC(=O)NC1CCC(O)CC1. The lowest BCUT2D eigenvalue weighted by Crippen LogP contribution is -2.40. The second-order valence-electron chi connectivity index (χ2n) is 5.56. The van der Waals surface area contributed by atoms with Gasteiger partial charge in [0.05, 0.1) is 23.4 Å². The van der Waals surface area contributed by atoms with E-state index < -0.39 is 0 Å². The van der Waals surface area contributed by atoms with Crippen molar-refractivity contribution in [3.8, 4) is 5.75 Å². The molecule has 0 atom stereocenters. The molecule has 1 fully saturated rings. The number of rotatable bonds is 6. The Bertz CT molecular complexity index is 519. The molecule has 1 aliphatic carbocycles. The Morgan fingerprint density at radius 1 is 1.30 bits per heavy atom. The van der Waals surface area contributed by atoms with E-state index in [0.717, 1.165) is 12.8 Å². The van der Waals surface area contributed by atoms with Crippen molar-refractivity contribution in [3.63, 3.8) is 0 Å². The molecule has 2 amide bonds. The molecule has 3 N–H and O–H groups in total. The van der Waals surface area contributed by atoms with E-state index in [1.807, 2.05) is 0 Å². The van der Waals surface area contributed by atoms with Crippen molar-refractivity contribution >= 4 is 23.3 Å². The van der Waals surface area contributed by atoms with E-state index in [9.17, 15) is 9.90 Å². The van der Waals surface area contributed by atoms with Gasteiger partial charge in [-0.2, -0.15) is 0 Å². The third kappa shape index (κ3) is 5.57. The summed E-state index contributed by atoms with van der Waals surface area (Å²) < 4.78 is 10.5. The predicted octanol–water partition coefficient (Wildman–Crippen LogP) is 2.79. The monoisotopic (exact) mass is 342 g/mol. The Morgan fingerprint density at radius 3 is 2.74 bits per heavy atom. The number of aliphatic hydroxyl groups excluding tert-OH is 1. The number of hydrogen-bond donors (Lipinski definition) is 3. The van der Waals surface area contributed by atoms with Crippen molar-refractivity contribution in [1.29, 1.82) is 0 Å². The maximum absolute atomic E-state index is 12.1. The number of anilines is 1. The summed E-state index contributed by atoms with van der Waals surface area (Å²) in [6, 6.07) is 4.96. The molecule has 6 nitrogen and oxygen atoms in total. The van der Waals surface area contributed by atoms with E-state index >= 15 is 0 Å². The summed E-state index contributed by atoms with van der Waals surface area (Å²) in [6.45, 7) is 0.776. The van der Waals surface area contributed by atoms with Crippen LogP contribution in [-0.4, -0.2) is 43.6 Å². The normalized spacial score (nSPS) is 20.8. The number of nitrogens with one attached hydrogen (secondary N) is 2. The number of amides is 2. The number of carbonyl (C=O) groups is 1. The summed E-state index contributed by atoms with van der Waals surface area (Å²) in [7, 11) is 1.59. The molecule has 128 valence electrons. The van der Waals surface area contributed by atoms with Crippen LogP contribution in [0.1, 0.15) is 25.7 Å². The van der Waals surface area contributed by atoms with Crippen molar-refractivity contribution in [1.82, 2.24) is 5.32 Å². The molecule has 7 heteroatoms. The van der Waals surface area contributed by atoms with Crippen LogP contribution < -0.4 is 15.4 Å². The second-order valence-corrected chi connectivity index (χ2v) is 5.97. The van der Waals surface area contributed by atoms with Gasteiger partial charge in [0, 0.05) is 13.2 Å². The van der Waals surface area contributed by atoms with Crippen LogP contribution in [-0.2, 0) is 4.74 Å². The Morgan fingerprint density at radius 2 is 2.04 bits per heavy atom. The van der Waals surface area contributed by atoms with E-state index in [0.29, 0.717) is 42.5 Å². The molecular formula is C16H23ClN2O4. The molecule has 1 aromatic carbocycles. The summed E-state index contributed by atoms with van der Waals surface area (Å²) in [4.78, 5) is 12.1. The molecule has 0 aliphatic heterocycles. The summed E-state index contributed by atoms with van der Waals surface area (Å²) in [5.74, 6) is 0.431. The highest BCUT2D eigenvalue weighted by Gasteiger charge is 2.21. The number of ether oxygens (including phenoxy) is 2. The fraction of sp³-hybridized carbons (Fsp3) is 0.562. The molecule has 0 spiro atoms. The minimum Gasteiger partial charge on any atom is -0.487 e. The first-order chi connectivity index (χ1) is 11.1. The summed E-state index contributed by atoms with van der Waals surface area (Å²) in [5.41, 5.74) is 0.516. The van der Waals surface area contributed by atoms with Gasteiger partial charge in [-0.15, -0.1) is 0 Å². The molecule has 0 radical (unpaired) electrons. The van der Waals surface area contributed by atoms with Crippen LogP contribution in [0.25, 0.3) is 0 Å². The van der Waals surface area contributed by atoms with Crippen molar-refractivity contribution in [2.75, 3.05) is 25.6 Å². The lowest BCUT2D eigenvalue weighted by atomic mass is 9.93. The summed E-state index contributed by atoms with van der Waals surface area (Å²) in [6.07, 6.45) is 2.74. The number of halogens is 1. The fourth-order valence-corrected chi connectivity index (χ4v) is 2.77. The third-order valence-corrected chi connectivity index (χ3v) is 4.08. The Hall–Kier alpha value is -1.50. The molecule has 1 saturated carbocycles. The summed E-state index contributed by atoms with van der Waals surface area (Å²) in [5, 5.41) is 15.6. The van der Waals surface area contributed by atoms with E-state index in [4.69, 9.17) is 21.1 Å². The van der Waals surface area contributed by atoms with Gasteiger partial charge in [0.1, 0.15) is 6.61 Å². The van der Waals surface area contributed by atoms with E-state index in [1.165, 1.54) is 0 Å². The van der Waals surface area contributed by atoms with Crippen LogP contribution >= 0.6 is 11.6 Å². The van der Waals surface area contributed by atoms with Gasteiger partial charge in [0.25, 0.3) is 0 Å². The maximum atomic E-state index is 12.1. The lowest BCUT2D eigenvalue weighted by Gasteiger charge is -2.26. The van der Waals surface area contributed by atoms with Crippen LogP contribution in [0.5, 0.6) is 5.75 Å². The molecule has 0 saturated heterocycles. The quantitative estimate of drug-likeness (QED) is 0.694. The van der Waals surface area contributed by atoms with Gasteiger partial charge in [0.2, 0.25) is 0 Å². The van der Waals surface area contributed by atoms with Crippen LogP contribution in [0.15, 0.2) is 18.2 Å². The number of benzene rings is 1. The Labute approximate surface area is 141 Å². The highest BCUT2D eigenvalue weighted by Crippen LogP contribution is 2.33. The average Bonchev–Trinajstić information content (AvgIpc) is 2.52. The first-order valence-electron chi connectivity index (χ1n) is 7.76. The molecule has 0 heterocycles. The number of hydrogen-bond acceptors (Lipinski definition) is 4. The zero-order valence-electron chi connectivity index (χ0n) is 13.2. The molecule has 2 rings (SSSR count). The lowest BCUT2D eigenvalue weighted by molar-refractivity contribution is 0.118. The summed E-state index contributed by atoms with van der Waals surface area (Å²) >= 11 is 6.13. The fourth-order valence-electron chi connectivity index (χ4n) is 2.54.